The number of nitrogen functional groups attached to an aromatic ring is 1. The fourth-order valence-corrected chi connectivity index (χ4v) is 6.99. The highest BCUT2D eigenvalue weighted by molar-refractivity contribution is 6.32. The zero-order valence-electron chi connectivity index (χ0n) is 43.2. The second-order valence-corrected chi connectivity index (χ2v) is 17.6. The highest BCUT2D eigenvalue weighted by Crippen LogP contribution is 2.41. The summed E-state index contributed by atoms with van der Waals surface area (Å²) >= 11 is 12.0. The van der Waals surface area contributed by atoms with Gasteiger partial charge in [-0.15, -0.1) is 0 Å². The van der Waals surface area contributed by atoms with Crippen LogP contribution < -0.4 is 54.6 Å². The molecule has 416 valence electrons. The van der Waals surface area contributed by atoms with Crippen molar-refractivity contribution in [3.05, 3.63) is 93.5 Å². The molecule has 0 saturated carbocycles. The summed E-state index contributed by atoms with van der Waals surface area (Å²) in [7, 11) is 13.9. The number of hydrogen-bond donors (Lipinski definition) is 3. The highest BCUT2D eigenvalue weighted by atomic mass is 35.5. The lowest BCUT2D eigenvalue weighted by atomic mass is 10.2. The van der Waals surface area contributed by atoms with Gasteiger partial charge in [0.25, 0.3) is 5.69 Å². The van der Waals surface area contributed by atoms with E-state index in [-0.39, 0.29) is 58.2 Å². The lowest BCUT2D eigenvalue weighted by molar-refractivity contribution is -0.384. The maximum absolute atomic E-state index is 13.2. The summed E-state index contributed by atoms with van der Waals surface area (Å²) in [5, 5.41) is 18.1. The smallest absolute Gasteiger partial charge is 0.387 e. The van der Waals surface area contributed by atoms with Gasteiger partial charge < -0.3 is 69.1 Å². The van der Waals surface area contributed by atoms with Crippen molar-refractivity contribution in [3.8, 4) is 46.5 Å². The van der Waals surface area contributed by atoms with Crippen molar-refractivity contribution in [2.45, 2.75) is 26.1 Å². The molecule has 1 aliphatic rings. The van der Waals surface area contributed by atoms with E-state index in [9.17, 15) is 27.7 Å². The molecule has 29 heteroatoms. The van der Waals surface area contributed by atoms with Crippen molar-refractivity contribution >= 4 is 69.2 Å². The van der Waals surface area contributed by atoms with Crippen LogP contribution in [0.2, 0.25) is 10.0 Å². The van der Waals surface area contributed by atoms with Gasteiger partial charge in [0, 0.05) is 83.8 Å². The second kappa shape index (κ2) is 29.5. The quantitative estimate of drug-likeness (QED) is 0.0234. The normalized spacial score (nSPS) is 11.8. The molecule has 4 aromatic carbocycles. The van der Waals surface area contributed by atoms with Gasteiger partial charge in [0.05, 0.1) is 51.9 Å². The second-order valence-electron chi connectivity index (χ2n) is 16.8. The molecular weight excluding hydrogens is 1060 g/mol. The molecule has 0 atom stereocenters. The molecule has 0 bridgehead atoms. The Morgan fingerprint density at radius 2 is 1.09 bits per heavy atom. The number of benzene rings is 4. The third-order valence-electron chi connectivity index (χ3n) is 10.5. The van der Waals surface area contributed by atoms with E-state index in [1.54, 1.807) is 42.3 Å². The summed E-state index contributed by atoms with van der Waals surface area (Å²) in [6.07, 6.45) is 4.88. The minimum atomic E-state index is -3.18. The monoisotopic (exact) mass is 1120 g/mol. The molecule has 1 fully saturated rings. The fraction of sp³-hybridized carbons (Fsp3) is 0.375. The van der Waals surface area contributed by atoms with E-state index in [1.165, 1.54) is 57.7 Å². The number of nitrogens with one attached hydrogen (secondary N) is 2. The predicted molar refractivity (Wildman–Crippen MR) is 283 cm³/mol. The predicted octanol–water partition coefficient (Wildman–Crippen LogP) is 9.62. The summed E-state index contributed by atoms with van der Waals surface area (Å²) in [5.41, 5.74) is 6.89. The van der Waals surface area contributed by atoms with Crippen LogP contribution in [-0.4, -0.2) is 154 Å². The van der Waals surface area contributed by atoms with E-state index >= 15 is 0 Å². The standard InChI is InChI=1S/C22H24ClF2N7O5.C22H26ClF2N7O3.C4H8O/c1-30(2)7-8-31(3)16-11-19(37-20(24)25)15(10-17(16)32(33)34)28-21-26-12-27-22(29-21)36-13-5-6-14(23)18(9-13)35-4;1-31(2)7-8-32(3)17-11-19(35-20(24)25)16(10-15(17)26)29-21-27-12-28-22(30-21)34-13-5-6-14(23)18(9-13)33-4;1-2-4-5-3-1/h5-6,9-12,20H,7-8H2,1-4H3,(H,26,27,28,29);5-6,9-12,20H,7-8,26H2,1-4H3,(H,27,28,29,30);1-4H2. The van der Waals surface area contributed by atoms with Gasteiger partial charge in [-0.25, -0.2) is 9.97 Å². The first-order chi connectivity index (χ1) is 36.7. The Balaban J connectivity index is 0.000000260. The third-order valence-corrected chi connectivity index (χ3v) is 11.1. The molecule has 0 amide bonds. The Morgan fingerprint density at radius 3 is 1.49 bits per heavy atom. The lowest BCUT2D eigenvalue weighted by Crippen LogP contribution is -2.29. The number of nitrogens with zero attached hydrogens (tertiary/aromatic N) is 11. The number of methoxy groups -OCH3 is 2. The molecular formula is C48H58Cl2F4N14O9. The molecule has 7 rings (SSSR count). The Kier molecular flexibility index (Phi) is 23.1. The number of nitrogens with two attached hydrogens (primary N) is 1. The van der Waals surface area contributed by atoms with Crippen LogP contribution in [-0.2, 0) is 4.74 Å². The molecule has 0 radical (unpaired) electrons. The average Bonchev–Trinajstić information content (AvgIpc) is 3.99. The van der Waals surface area contributed by atoms with Crippen molar-refractivity contribution < 1.29 is 55.6 Å². The molecule has 1 aliphatic heterocycles. The molecule has 0 aliphatic carbocycles. The van der Waals surface area contributed by atoms with Crippen LogP contribution >= 0.6 is 23.2 Å². The maximum Gasteiger partial charge on any atom is 0.387 e. The summed E-state index contributed by atoms with van der Waals surface area (Å²) in [6, 6.07) is 14.4. The van der Waals surface area contributed by atoms with Crippen molar-refractivity contribution in [1.29, 1.82) is 0 Å². The number of alkyl halides is 4. The van der Waals surface area contributed by atoms with Crippen molar-refractivity contribution in [3.63, 3.8) is 0 Å². The summed E-state index contributed by atoms with van der Waals surface area (Å²) < 4.78 is 88.5. The van der Waals surface area contributed by atoms with Gasteiger partial charge in [-0.1, -0.05) is 23.2 Å². The molecule has 0 spiro atoms. The fourth-order valence-electron chi connectivity index (χ4n) is 6.60. The van der Waals surface area contributed by atoms with E-state index in [0.29, 0.717) is 64.1 Å². The first kappa shape index (κ1) is 60.1. The summed E-state index contributed by atoms with van der Waals surface area (Å²) in [5.74, 6) is 0.903. The van der Waals surface area contributed by atoms with Gasteiger partial charge in [-0.2, -0.15) is 37.5 Å². The Morgan fingerprint density at radius 1 is 0.649 bits per heavy atom. The SMILES string of the molecule is C1CCOC1.COc1cc(Oc2ncnc(Nc3cc(N)c(N(C)CCN(C)C)cc3OC(F)F)n2)ccc1Cl.COc1cc(Oc2ncnc(Nc3cc([N+](=O)[O-])c(N(C)CCN(C)C)cc3OC(F)F)n2)ccc1Cl. The highest BCUT2D eigenvalue weighted by Gasteiger charge is 2.25. The Bertz CT molecular complexity index is 2860. The summed E-state index contributed by atoms with van der Waals surface area (Å²) in [6.45, 7) is -1.88. The zero-order chi connectivity index (χ0) is 56.2. The molecule has 2 aromatic heterocycles. The van der Waals surface area contributed by atoms with Crippen LogP contribution in [0, 0.1) is 10.1 Å². The number of rotatable bonds is 23. The van der Waals surface area contributed by atoms with Crippen LogP contribution in [0.4, 0.5) is 63.6 Å². The number of likely N-dealkylation sites (N-methyl/N-ethyl adjacent to an activating group) is 4. The molecule has 77 heavy (non-hydrogen) atoms. The van der Waals surface area contributed by atoms with Crippen LogP contribution in [0.15, 0.2) is 73.3 Å². The molecule has 23 nitrogen and oxygen atoms in total. The largest absolute Gasteiger partial charge is 0.495 e. The number of nitro groups is 1. The van der Waals surface area contributed by atoms with Gasteiger partial charge in [0.2, 0.25) is 11.9 Å². The molecule has 3 heterocycles. The molecule has 0 unspecified atom stereocenters. The number of ether oxygens (including phenoxy) is 7. The number of aromatic nitrogens is 6. The van der Waals surface area contributed by atoms with Crippen LogP contribution in [0.1, 0.15) is 12.8 Å². The van der Waals surface area contributed by atoms with Crippen LogP contribution in [0.5, 0.6) is 46.5 Å². The van der Waals surface area contributed by atoms with Crippen LogP contribution in [0.3, 0.4) is 0 Å². The molecule has 4 N–H and O–H groups in total. The minimum Gasteiger partial charge on any atom is -0.495 e. The number of anilines is 7. The van der Waals surface area contributed by atoms with Gasteiger partial charge in [0.15, 0.2) is 11.5 Å². The number of halogens is 6. The summed E-state index contributed by atoms with van der Waals surface area (Å²) in [4.78, 5) is 42.6. The Hall–Kier alpha value is -7.72. The third kappa shape index (κ3) is 19.1. The van der Waals surface area contributed by atoms with Crippen molar-refractivity contribution in [1.82, 2.24) is 39.7 Å². The van der Waals surface area contributed by atoms with Crippen LogP contribution in [0.25, 0.3) is 0 Å². The van der Waals surface area contributed by atoms with Crippen molar-refractivity contribution in [2.75, 3.05) is 122 Å². The lowest BCUT2D eigenvalue weighted by Gasteiger charge is -2.24. The van der Waals surface area contributed by atoms with Gasteiger partial charge >= 0.3 is 25.2 Å². The Labute approximate surface area is 451 Å². The van der Waals surface area contributed by atoms with Gasteiger partial charge in [0.1, 0.15) is 41.3 Å². The topological polar surface area (TPSA) is 248 Å². The number of nitro benzene ring substituents is 1. The van der Waals surface area contributed by atoms with E-state index in [0.717, 1.165) is 32.2 Å². The first-order valence-corrected chi connectivity index (χ1v) is 23.9. The van der Waals surface area contributed by atoms with Gasteiger partial charge in [-0.05, 0) is 71.4 Å². The molecule has 6 aromatic rings. The van der Waals surface area contributed by atoms with Crippen molar-refractivity contribution in [2.24, 2.45) is 0 Å². The average molecular weight is 1120 g/mol. The van der Waals surface area contributed by atoms with Gasteiger partial charge in [-0.3, -0.25) is 10.1 Å². The molecule has 1 saturated heterocycles. The zero-order valence-corrected chi connectivity index (χ0v) is 44.7. The first-order valence-electron chi connectivity index (χ1n) is 23.1. The minimum absolute atomic E-state index is 0.0307. The number of hydrogen-bond acceptors (Lipinski definition) is 22. The maximum atomic E-state index is 13.2. The van der Waals surface area contributed by atoms with E-state index < -0.39 is 18.1 Å². The van der Waals surface area contributed by atoms with E-state index in [2.05, 4.69) is 45.3 Å². The van der Waals surface area contributed by atoms with E-state index in [4.69, 9.17) is 57.4 Å². The van der Waals surface area contributed by atoms with E-state index in [1.807, 2.05) is 49.9 Å².